The number of hydrogen-bond acceptors (Lipinski definition) is 1. The molecule has 142 valence electrons. The molecule has 1 aliphatic carbocycles. The summed E-state index contributed by atoms with van der Waals surface area (Å²) in [6, 6.07) is 14.8. The number of alkyl halides is 2. The second kappa shape index (κ2) is 9.55. The van der Waals surface area contributed by atoms with Crippen LogP contribution >= 0.6 is 0 Å². The van der Waals surface area contributed by atoms with E-state index < -0.39 is 6.61 Å². The Labute approximate surface area is 160 Å². The Morgan fingerprint density at radius 2 is 1.44 bits per heavy atom. The predicted octanol–water partition coefficient (Wildman–Crippen LogP) is 6.45. The number of benzene rings is 2. The molecule has 0 unspecified atom stereocenters. The van der Waals surface area contributed by atoms with Crippen molar-refractivity contribution >= 4 is 0 Å². The first-order chi connectivity index (χ1) is 13.1. The summed E-state index contributed by atoms with van der Waals surface area (Å²) in [5, 5.41) is 0. The molecule has 0 aliphatic heterocycles. The van der Waals surface area contributed by atoms with E-state index in [1.165, 1.54) is 49.8 Å². The fourth-order valence-electron chi connectivity index (χ4n) is 3.61. The molecule has 0 atom stereocenters. The maximum absolute atomic E-state index is 12.1. The maximum Gasteiger partial charge on any atom is 0.387 e. The van der Waals surface area contributed by atoms with Gasteiger partial charge in [0.05, 0.1) is 0 Å². The average molecular weight is 368 g/mol. The van der Waals surface area contributed by atoms with Crippen LogP contribution in [-0.4, -0.2) is 6.61 Å². The molecule has 3 rings (SSSR count). The van der Waals surface area contributed by atoms with E-state index in [1.807, 2.05) is 0 Å². The zero-order chi connectivity index (χ0) is 19.1. The van der Waals surface area contributed by atoms with Crippen LogP contribution in [0.2, 0.25) is 0 Å². The third kappa shape index (κ3) is 6.40. The van der Waals surface area contributed by atoms with Gasteiger partial charge in [0.25, 0.3) is 0 Å². The normalized spacial score (nSPS) is 19.4. The first-order valence-corrected chi connectivity index (χ1v) is 9.74. The Morgan fingerprint density at radius 3 is 2.00 bits per heavy atom. The zero-order valence-corrected chi connectivity index (χ0v) is 15.8. The van der Waals surface area contributed by atoms with Crippen molar-refractivity contribution in [3.8, 4) is 17.6 Å². The van der Waals surface area contributed by atoms with Crippen LogP contribution < -0.4 is 4.74 Å². The maximum atomic E-state index is 12.1. The molecule has 0 spiro atoms. The molecular weight excluding hydrogens is 342 g/mol. The van der Waals surface area contributed by atoms with Crippen LogP contribution in [0.4, 0.5) is 8.78 Å². The number of rotatable bonds is 5. The highest BCUT2D eigenvalue weighted by Gasteiger charge is 2.17. The number of halogens is 2. The van der Waals surface area contributed by atoms with Gasteiger partial charge in [-0.1, -0.05) is 56.6 Å². The molecule has 27 heavy (non-hydrogen) atoms. The third-order valence-corrected chi connectivity index (χ3v) is 5.36. The van der Waals surface area contributed by atoms with Crippen molar-refractivity contribution in [1.29, 1.82) is 0 Å². The second-order valence-corrected chi connectivity index (χ2v) is 7.51. The number of ether oxygens (including phenoxy) is 1. The van der Waals surface area contributed by atoms with E-state index in [2.05, 4.69) is 47.8 Å². The van der Waals surface area contributed by atoms with Crippen LogP contribution in [-0.2, 0) is 6.42 Å². The van der Waals surface area contributed by atoms with Crippen LogP contribution in [0, 0.1) is 23.7 Å². The molecule has 3 heteroatoms. The molecular formula is C24H26F2O. The highest BCUT2D eigenvalue weighted by Crippen LogP contribution is 2.31. The molecule has 0 heterocycles. The molecule has 0 N–H and O–H groups in total. The summed E-state index contributed by atoms with van der Waals surface area (Å²) in [5.41, 5.74) is 3.10. The quantitative estimate of drug-likeness (QED) is 0.551. The summed E-state index contributed by atoms with van der Waals surface area (Å²) in [5.74, 6) is 8.12. The second-order valence-electron chi connectivity index (χ2n) is 7.51. The Bertz CT molecular complexity index is 761. The van der Waals surface area contributed by atoms with Gasteiger partial charge in [0.1, 0.15) is 5.75 Å². The highest BCUT2D eigenvalue weighted by atomic mass is 19.3. The summed E-state index contributed by atoms with van der Waals surface area (Å²) in [7, 11) is 0. The molecule has 2 aromatic rings. The molecule has 0 saturated heterocycles. The lowest BCUT2D eigenvalue weighted by molar-refractivity contribution is -0.0498. The summed E-state index contributed by atoms with van der Waals surface area (Å²) in [4.78, 5) is 0. The van der Waals surface area contributed by atoms with E-state index in [-0.39, 0.29) is 5.75 Å². The van der Waals surface area contributed by atoms with Gasteiger partial charge in [-0.25, -0.2) is 0 Å². The lowest BCUT2D eigenvalue weighted by Crippen LogP contribution is -2.12. The molecule has 1 saturated carbocycles. The van der Waals surface area contributed by atoms with Gasteiger partial charge in [-0.3, -0.25) is 0 Å². The van der Waals surface area contributed by atoms with Gasteiger partial charge in [-0.2, -0.15) is 8.78 Å². The van der Waals surface area contributed by atoms with Gasteiger partial charge in [0, 0.05) is 11.1 Å². The monoisotopic (exact) mass is 368 g/mol. The van der Waals surface area contributed by atoms with Gasteiger partial charge >= 0.3 is 6.61 Å². The molecule has 1 nitrogen and oxygen atoms in total. The zero-order valence-electron chi connectivity index (χ0n) is 15.8. The fraction of sp³-hybridized carbons (Fsp3) is 0.417. The van der Waals surface area contributed by atoms with Crippen LogP contribution in [0.3, 0.4) is 0 Å². The standard InChI is InChI=1S/C24H26F2O/c1-18-2-4-19(5-3-18)6-7-20-8-10-21(11-9-20)12-13-22-14-16-23(17-15-22)27-24(25)26/h8-11,14-19,24H,2-7H2,1H3/t18-,19-. The lowest BCUT2D eigenvalue weighted by Gasteiger charge is -2.26. The smallest absolute Gasteiger partial charge is 0.387 e. The van der Waals surface area contributed by atoms with E-state index in [1.54, 1.807) is 12.1 Å². The van der Waals surface area contributed by atoms with Crippen molar-refractivity contribution in [3.05, 3.63) is 65.2 Å². The Balaban J connectivity index is 1.51. The lowest BCUT2D eigenvalue weighted by atomic mass is 9.80. The van der Waals surface area contributed by atoms with Gasteiger partial charge < -0.3 is 4.74 Å². The topological polar surface area (TPSA) is 9.23 Å². The van der Waals surface area contributed by atoms with Gasteiger partial charge in [-0.15, -0.1) is 0 Å². The summed E-state index contributed by atoms with van der Waals surface area (Å²) >= 11 is 0. The van der Waals surface area contributed by atoms with Crippen LogP contribution in [0.5, 0.6) is 5.75 Å². The van der Waals surface area contributed by atoms with Gasteiger partial charge in [-0.05, 0) is 66.6 Å². The number of hydrogen-bond donors (Lipinski definition) is 0. The minimum Gasteiger partial charge on any atom is -0.435 e. The molecule has 0 amide bonds. The van der Waals surface area contributed by atoms with Crippen molar-refractivity contribution in [2.75, 3.05) is 0 Å². The number of aryl methyl sites for hydroxylation is 1. The summed E-state index contributed by atoms with van der Waals surface area (Å²) in [6.07, 6.45) is 7.95. The highest BCUT2D eigenvalue weighted by molar-refractivity contribution is 5.44. The fourth-order valence-corrected chi connectivity index (χ4v) is 3.61. The van der Waals surface area contributed by atoms with E-state index >= 15 is 0 Å². The Kier molecular flexibility index (Phi) is 6.87. The van der Waals surface area contributed by atoms with E-state index in [0.29, 0.717) is 0 Å². The van der Waals surface area contributed by atoms with Crippen molar-refractivity contribution in [2.45, 2.75) is 52.1 Å². The summed E-state index contributed by atoms with van der Waals surface area (Å²) < 4.78 is 28.6. The van der Waals surface area contributed by atoms with Crippen LogP contribution in [0.1, 0.15) is 55.7 Å². The molecule has 0 aromatic heterocycles. The minimum absolute atomic E-state index is 0.146. The Hall–Kier alpha value is -2.34. The van der Waals surface area contributed by atoms with E-state index in [0.717, 1.165) is 29.4 Å². The van der Waals surface area contributed by atoms with E-state index in [4.69, 9.17) is 0 Å². The molecule has 0 radical (unpaired) electrons. The predicted molar refractivity (Wildman–Crippen MR) is 105 cm³/mol. The molecule has 0 bridgehead atoms. The molecule has 2 aromatic carbocycles. The first kappa shape index (κ1) is 19.4. The SMILES string of the molecule is C[C@H]1CC[C@H](CCc2ccc(C#Cc3ccc(OC(F)F)cc3)cc2)CC1. The van der Waals surface area contributed by atoms with Gasteiger partial charge in [0.15, 0.2) is 0 Å². The van der Waals surface area contributed by atoms with Crippen LogP contribution in [0.25, 0.3) is 0 Å². The largest absolute Gasteiger partial charge is 0.435 e. The summed E-state index contributed by atoms with van der Waals surface area (Å²) in [6.45, 7) is -0.441. The first-order valence-electron chi connectivity index (χ1n) is 9.74. The van der Waals surface area contributed by atoms with Crippen molar-refractivity contribution < 1.29 is 13.5 Å². The van der Waals surface area contributed by atoms with Crippen molar-refractivity contribution in [2.24, 2.45) is 11.8 Å². The Morgan fingerprint density at radius 1 is 0.889 bits per heavy atom. The van der Waals surface area contributed by atoms with E-state index in [9.17, 15) is 8.78 Å². The third-order valence-electron chi connectivity index (χ3n) is 5.36. The van der Waals surface area contributed by atoms with Crippen LogP contribution in [0.15, 0.2) is 48.5 Å². The average Bonchev–Trinajstić information content (AvgIpc) is 2.67. The van der Waals surface area contributed by atoms with Crippen molar-refractivity contribution in [1.82, 2.24) is 0 Å². The molecule has 1 fully saturated rings. The molecule has 1 aliphatic rings. The minimum atomic E-state index is -2.80. The van der Waals surface area contributed by atoms with Gasteiger partial charge in [0.2, 0.25) is 0 Å². The van der Waals surface area contributed by atoms with Crippen molar-refractivity contribution in [3.63, 3.8) is 0 Å².